The zero-order valence-corrected chi connectivity index (χ0v) is 10.3. The SMILES string of the molecule is Nc1ccc(C(=O)Nc2ccc(Cl)cc2F)c(F)c1. The van der Waals surface area contributed by atoms with E-state index >= 15 is 0 Å². The van der Waals surface area contributed by atoms with Gasteiger partial charge < -0.3 is 11.1 Å². The average molecular weight is 283 g/mol. The predicted molar refractivity (Wildman–Crippen MR) is 70.2 cm³/mol. The van der Waals surface area contributed by atoms with Crippen LogP contribution in [0.25, 0.3) is 0 Å². The van der Waals surface area contributed by atoms with Gasteiger partial charge in [0.2, 0.25) is 0 Å². The molecule has 98 valence electrons. The van der Waals surface area contributed by atoms with Gasteiger partial charge in [-0.05, 0) is 36.4 Å². The van der Waals surface area contributed by atoms with Crippen LogP contribution < -0.4 is 11.1 Å². The minimum absolute atomic E-state index is 0.0781. The second-order valence-corrected chi connectivity index (χ2v) is 4.25. The Labute approximate surface area is 113 Å². The van der Waals surface area contributed by atoms with Gasteiger partial charge in [0.1, 0.15) is 11.6 Å². The monoisotopic (exact) mass is 282 g/mol. The first-order chi connectivity index (χ1) is 8.97. The lowest BCUT2D eigenvalue weighted by molar-refractivity contribution is 0.102. The fourth-order valence-corrected chi connectivity index (χ4v) is 1.65. The van der Waals surface area contributed by atoms with E-state index in [0.717, 1.165) is 12.1 Å². The molecule has 19 heavy (non-hydrogen) atoms. The first-order valence-electron chi connectivity index (χ1n) is 5.29. The molecule has 0 aliphatic rings. The molecule has 6 heteroatoms. The number of hydrogen-bond acceptors (Lipinski definition) is 2. The molecule has 2 aromatic carbocycles. The minimum Gasteiger partial charge on any atom is -0.399 e. The second kappa shape index (κ2) is 5.24. The quantitative estimate of drug-likeness (QED) is 0.829. The normalized spacial score (nSPS) is 10.3. The van der Waals surface area contributed by atoms with E-state index in [-0.39, 0.29) is 22.0 Å². The highest BCUT2D eigenvalue weighted by molar-refractivity contribution is 6.30. The van der Waals surface area contributed by atoms with Crippen LogP contribution >= 0.6 is 11.6 Å². The molecule has 0 atom stereocenters. The number of anilines is 2. The molecule has 0 heterocycles. The van der Waals surface area contributed by atoms with Crippen LogP contribution in [-0.4, -0.2) is 5.91 Å². The van der Waals surface area contributed by atoms with E-state index in [9.17, 15) is 13.6 Å². The lowest BCUT2D eigenvalue weighted by Gasteiger charge is -2.07. The summed E-state index contributed by atoms with van der Waals surface area (Å²) in [5.74, 6) is -2.23. The standard InChI is InChI=1S/C13H9ClF2N2O/c14-7-1-4-12(11(16)5-7)18-13(19)9-3-2-8(17)6-10(9)15/h1-6H,17H2,(H,18,19). The van der Waals surface area contributed by atoms with Crippen LogP contribution in [0.1, 0.15) is 10.4 Å². The molecule has 0 aliphatic heterocycles. The van der Waals surface area contributed by atoms with Crippen LogP contribution in [0.15, 0.2) is 36.4 Å². The van der Waals surface area contributed by atoms with Crippen molar-refractivity contribution >= 4 is 28.9 Å². The smallest absolute Gasteiger partial charge is 0.258 e. The Morgan fingerprint density at radius 2 is 1.84 bits per heavy atom. The highest BCUT2D eigenvalue weighted by atomic mass is 35.5. The van der Waals surface area contributed by atoms with Crippen molar-refractivity contribution in [3.8, 4) is 0 Å². The van der Waals surface area contributed by atoms with Gasteiger partial charge >= 0.3 is 0 Å². The number of nitrogen functional groups attached to an aromatic ring is 1. The molecule has 0 saturated heterocycles. The first kappa shape index (κ1) is 13.3. The molecule has 1 amide bonds. The van der Waals surface area contributed by atoms with Gasteiger partial charge in [-0.2, -0.15) is 0 Å². The van der Waals surface area contributed by atoms with Gasteiger partial charge in [-0.15, -0.1) is 0 Å². The van der Waals surface area contributed by atoms with Crippen molar-refractivity contribution in [3.05, 3.63) is 58.6 Å². The van der Waals surface area contributed by atoms with E-state index in [2.05, 4.69) is 5.32 Å². The van der Waals surface area contributed by atoms with E-state index in [1.165, 1.54) is 24.3 Å². The van der Waals surface area contributed by atoms with E-state index in [4.69, 9.17) is 17.3 Å². The summed E-state index contributed by atoms with van der Waals surface area (Å²) < 4.78 is 27.0. The summed E-state index contributed by atoms with van der Waals surface area (Å²) in [5, 5.41) is 2.46. The third kappa shape index (κ3) is 3.00. The fraction of sp³-hybridized carbons (Fsp3) is 0. The maximum absolute atomic E-state index is 13.5. The number of nitrogens with two attached hydrogens (primary N) is 1. The molecule has 0 spiro atoms. The van der Waals surface area contributed by atoms with Crippen molar-refractivity contribution in [2.24, 2.45) is 0 Å². The van der Waals surface area contributed by atoms with Crippen LogP contribution in [0.2, 0.25) is 5.02 Å². The maximum Gasteiger partial charge on any atom is 0.258 e. The highest BCUT2D eigenvalue weighted by Crippen LogP contribution is 2.20. The molecule has 0 bridgehead atoms. The molecule has 3 nitrogen and oxygen atoms in total. The molecule has 0 fully saturated rings. The fourth-order valence-electron chi connectivity index (χ4n) is 1.50. The van der Waals surface area contributed by atoms with Crippen LogP contribution in [-0.2, 0) is 0 Å². The van der Waals surface area contributed by atoms with E-state index in [1.807, 2.05) is 0 Å². The zero-order valence-electron chi connectivity index (χ0n) is 9.58. The molecule has 0 radical (unpaired) electrons. The summed E-state index contributed by atoms with van der Waals surface area (Å²) in [6.07, 6.45) is 0. The Morgan fingerprint density at radius 3 is 2.47 bits per heavy atom. The summed E-state index contributed by atoms with van der Waals surface area (Å²) in [5.41, 5.74) is 5.28. The maximum atomic E-state index is 13.5. The molecular formula is C13H9ClF2N2O. The van der Waals surface area contributed by atoms with Gasteiger partial charge in [-0.25, -0.2) is 8.78 Å². The lowest BCUT2D eigenvalue weighted by Crippen LogP contribution is -2.14. The first-order valence-corrected chi connectivity index (χ1v) is 5.66. The number of carbonyl (C=O) groups is 1. The topological polar surface area (TPSA) is 55.1 Å². The Bertz CT molecular complexity index is 647. The molecule has 0 saturated carbocycles. The summed E-state index contributed by atoms with van der Waals surface area (Å²) >= 11 is 5.59. The van der Waals surface area contributed by atoms with Gasteiger partial charge in [-0.1, -0.05) is 11.6 Å². The van der Waals surface area contributed by atoms with Gasteiger partial charge in [0.05, 0.1) is 11.3 Å². The van der Waals surface area contributed by atoms with Crippen molar-refractivity contribution in [1.29, 1.82) is 0 Å². The van der Waals surface area contributed by atoms with Gasteiger partial charge in [0, 0.05) is 10.7 Å². The Hall–Kier alpha value is -2.14. The third-order valence-corrected chi connectivity index (χ3v) is 2.65. The number of nitrogens with one attached hydrogen (secondary N) is 1. The predicted octanol–water partition coefficient (Wildman–Crippen LogP) is 3.45. The summed E-state index contributed by atoms with van der Waals surface area (Å²) in [7, 11) is 0. The Morgan fingerprint density at radius 1 is 1.11 bits per heavy atom. The summed E-state index contributed by atoms with van der Waals surface area (Å²) in [6.45, 7) is 0. The summed E-state index contributed by atoms with van der Waals surface area (Å²) in [4.78, 5) is 11.8. The van der Waals surface area contributed by atoms with Crippen LogP contribution in [0, 0.1) is 11.6 Å². The van der Waals surface area contributed by atoms with Gasteiger partial charge in [0.15, 0.2) is 0 Å². The van der Waals surface area contributed by atoms with Crippen LogP contribution in [0.4, 0.5) is 20.2 Å². The highest BCUT2D eigenvalue weighted by Gasteiger charge is 2.14. The molecule has 0 unspecified atom stereocenters. The van der Waals surface area contributed by atoms with Crippen LogP contribution in [0.5, 0.6) is 0 Å². The van der Waals surface area contributed by atoms with E-state index in [0.29, 0.717) is 0 Å². The molecule has 3 N–H and O–H groups in total. The van der Waals surface area contributed by atoms with E-state index < -0.39 is 17.5 Å². The van der Waals surface area contributed by atoms with Gasteiger partial charge in [-0.3, -0.25) is 4.79 Å². The number of carbonyl (C=O) groups excluding carboxylic acids is 1. The number of hydrogen-bond donors (Lipinski definition) is 2. The van der Waals surface area contributed by atoms with Crippen LogP contribution in [0.3, 0.4) is 0 Å². The number of benzene rings is 2. The Kier molecular flexibility index (Phi) is 3.66. The van der Waals surface area contributed by atoms with Crippen molar-refractivity contribution < 1.29 is 13.6 Å². The second-order valence-electron chi connectivity index (χ2n) is 3.82. The van der Waals surface area contributed by atoms with Gasteiger partial charge in [0.25, 0.3) is 5.91 Å². The molecule has 2 aromatic rings. The van der Waals surface area contributed by atoms with Crippen molar-refractivity contribution in [3.63, 3.8) is 0 Å². The average Bonchev–Trinajstić information content (AvgIpc) is 2.32. The van der Waals surface area contributed by atoms with E-state index in [1.54, 1.807) is 0 Å². The van der Waals surface area contributed by atoms with Crippen molar-refractivity contribution in [1.82, 2.24) is 0 Å². The van der Waals surface area contributed by atoms with Crippen molar-refractivity contribution in [2.75, 3.05) is 11.1 Å². The number of amides is 1. The third-order valence-electron chi connectivity index (χ3n) is 2.42. The van der Waals surface area contributed by atoms with Crippen molar-refractivity contribution in [2.45, 2.75) is 0 Å². The largest absolute Gasteiger partial charge is 0.399 e. The molecule has 0 aliphatic carbocycles. The molecule has 0 aromatic heterocycles. The Balaban J connectivity index is 2.25. The molecule has 2 rings (SSSR count). The summed E-state index contributed by atoms with van der Waals surface area (Å²) in [6, 6.07) is 7.40. The number of halogens is 3. The lowest BCUT2D eigenvalue weighted by atomic mass is 10.1. The minimum atomic E-state index is -0.771. The molecular weight excluding hydrogens is 274 g/mol. The zero-order chi connectivity index (χ0) is 14.0. The number of rotatable bonds is 2.